The lowest BCUT2D eigenvalue weighted by atomic mass is 10.1. The Morgan fingerprint density at radius 1 is 1.38 bits per heavy atom. The van der Waals surface area contributed by atoms with E-state index >= 15 is 0 Å². The zero-order valence-corrected chi connectivity index (χ0v) is 12.0. The van der Waals surface area contributed by atoms with E-state index in [4.69, 9.17) is 26.7 Å². The van der Waals surface area contributed by atoms with Crippen LogP contribution in [-0.4, -0.2) is 11.1 Å². The highest BCUT2D eigenvalue weighted by molar-refractivity contribution is 6.32. The highest BCUT2D eigenvalue weighted by Gasteiger charge is 2.15. The third kappa shape index (κ3) is 3.33. The summed E-state index contributed by atoms with van der Waals surface area (Å²) in [5.74, 6) is -0.945. The molecule has 0 radical (unpaired) electrons. The van der Waals surface area contributed by atoms with E-state index in [1.165, 1.54) is 6.07 Å². The van der Waals surface area contributed by atoms with Crippen LogP contribution in [0.25, 0.3) is 0 Å². The minimum atomic E-state index is -1.09. The van der Waals surface area contributed by atoms with E-state index in [1.807, 2.05) is 6.92 Å². The molecule has 0 spiro atoms. The lowest BCUT2D eigenvalue weighted by Crippen LogP contribution is -2.05. The van der Waals surface area contributed by atoms with Gasteiger partial charge in [-0.25, -0.2) is 4.79 Å². The molecule has 5 heteroatoms. The van der Waals surface area contributed by atoms with Crippen LogP contribution in [-0.2, 0) is 6.61 Å². The molecule has 0 saturated carbocycles. The fourth-order valence-electron chi connectivity index (χ4n) is 1.90. The summed E-state index contributed by atoms with van der Waals surface area (Å²) >= 11 is 6.00. The summed E-state index contributed by atoms with van der Waals surface area (Å²) < 4.78 is 5.57. The number of ether oxygens (including phenoxy) is 1. The molecular formula is C16H12ClNO3. The van der Waals surface area contributed by atoms with Gasteiger partial charge in [0, 0.05) is 0 Å². The average Bonchev–Trinajstić information content (AvgIpc) is 2.46. The Balaban J connectivity index is 2.25. The molecule has 106 valence electrons. The van der Waals surface area contributed by atoms with Gasteiger partial charge < -0.3 is 9.84 Å². The van der Waals surface area contributed by atoms with Gasteiger partial charge in [-0.15, -0.1) is 0 Å². The first kappa shape index (κ1) is 14.9. The number of rotatable bonds is 4. The normalized spacial score (nSPS) is 9.95. The number of nitrogens with zero attached hydrogens (tertiary/aromatic N) is 1. The predicted molar refractivity (Wildman–Crippen MR) is 78.6 cm³/mol. The summed E-state index contributed by atoms with van der Waals surface area (Å²) in [5, 5.41) is 18.2. The first-order chi connectivity index (χ1) is 10.0. The maximum atomic E-state index is 11.2. The van der Waals surface area contributed by atoms with Gasteiger partial charge in [0.2, 0.25) is 0 Å². The molecule has 0 aliphatic carbocycles. The van der Waals surface area contributed by atoms with Crippen molar-refractivity contribution in [2.45, 2.75) is 13.5 Å². The average molecular weight is 302 g/mol. The summed E-state index contributed by atoms with van der Waals surface area (Å²) in [5.41, 5.74) is 2.36. The number of aromatic carboxylic acids is 1. The molecule has 2 rings (SSSR count). The molecule has 0 fully saturated rings. The number of halogens is 1. The molecule has 4 nitrogen and oxygen atoms in total. The second-order valence-corrected chi connectivity index (χ2v) is 4.87. The van der Waals surface area contributed by atoms with Crippen molar-refractivity contribution >= 4 is 17.6 Å². The summed E-state index contributed by atoms with van der Waals surface area (Å²) in [6.07, 6.45) is 0. The van der Waals surface area contributed by atoms with Crippen molar-refractivity contribution in [2.75, 3.05) is 0 Å². The summed E-state index contributed by atoms with van der Waals surface area (Å²) in [7, 11) is 0. The van der Waals surface area contributed by atoms with Crippen LogP contribution in [0.1, 0.15) is 27.0 Å². The number of hydrogen-bond donors (Lipinski definition) is 1. The van der Waals surface area contributed by atoms with Crippen molar-refractivity contribution in [3.63, 3.8) is 0 Å². The summed E-state index contributed by atoms with van der Waals surface area (Å²) in [6.45, 7) is 2.05. The molecule has 0 heterocycles. The fourth-order valence-corrected chi connectivity index (χ4v) is 2.13. The van der Waals surface area contributed by atoms with Crippen LogP contribution in [0.3, 0.4) is 0 Å². The third-order valence-electron chi connectivity index (χ3n) is 3.04. The second kappa shape index (κ2) is 6.29. The van der Waals surface area contributed by atoms with Crippen LogP contribution in [0.5, 0.6) is 5.75 Å². The van der Waals surface area contributed by atoms with Gasteiger partial charge in [-0.1, -0.05) is 23.7 Å². The van der Waals surface area contributed by atoms with Gasteiger partial charge in [0.15, 0.2) is 5.75 Å². The van der Waals surface area contributed by atoms with Crippen LogP contribution < -0.4 is 4.74 Å². The van der Waals surface area contributed by atoms with Crippen molar-refractivity contribution in [1.29, 1.82) is 5.26 Å². The molecule has 0 aromatic heterocycles. The van der Waals surface area contributed by atoms with Gasteiger partial charge in [-0.05, 0) is 42.3 Å². The summed E-state index contributed by atoms with van der Waals surface area (Å²) in [4.78, 5) is 11.2. The number of para-hydroxylation sites is 1. The van der Waals surface area contributed by atoms with Crippen LogP contribution in [0.15, 0.2) is 36.4 Å². The van der Waals surface area contributed by atoms with Gasteiger partial charge >= 0.3 is 5.97 Å². The van der Waals surface area contributed by atoms with E-state index in [0.29, 0.717) is 5.56 Å². The Kier molecular flexibility index (Phi) is 4.46. The highest BCUT2D eigenvalue weighted by atomic mass is 35.5. The van der Waals surface area contributed by atoms with E-state index in [-0.39, 0.29) is 22.9 Å². The number of carboxylic acid groups (broad SMARTS) is 1. The Morgan fingerprint density at radius 3 is 2.76 bits per heavy atom. The van der Waals surface area contributed by atoms with Crippen molar-refractivity contribution in [3.8, 4) is 11.8 Å². The van der Waals surface area contributed by atoms with E-state index in [0.717, 1.165) is 11.1 Å². The van der Waals surface area contributed by atoms with E-state index < -0.39 is 5.97 Å². The molecule has 0 amide bonds. The molecule has 2 aromatic carbocycles. The quantitative estimate of drug-likeness (QED) is 0.932. The number of carboxylic acids is 1. The monoisotopic (exact) mass is 301 g/mol. The lowest BCUT2D eigenvalue weighted by molar-refractivity contribution is 0.0692. The molecule has 1 N–H and O–H groups in total. The van der Waals surface area contributed by atoms with Crippen LogP contribution in [0.2, 0.25) is 5.02 Å². The molecular weight excluding hydrogens is 290 g/mol. The van der Waals surface area contributed by atoms with E-state index in [2.05, 4.69) is 6.07 Å². The maximum Gasteiger partial charge on any atom is 0.339 e. The molecule has 0 unspecified atom stereocenters. The molecule has 2 aromatic rings. The number of benzene rings is 2. The van der Waals surface area contributed by atoms with Crippen molar-refractivity contribution in [3.05, 3.63) is 63.7 Å². The number of carbonyl (C=O) groups is 1. The molecule has 21 heavy (non-hydrogen) atoms. The minimum absolute atomic E-state index is 0.0220. The van der Waals surface area contributed by atoms with Crippen LogP contribution >= 0.6 is 11.6 Å². The van der Waals surface area contributed by atoms with E-state index in [1.54, 1.807) is 30.3 Å². The van der Waals surface area contributed by atoms with E-state index in [9.17, 15) is 4.79 Å². The number of hydrogen-bond acceptors (Lipinski definition) is 3. The largest absolute Gasteiger partial charge is 0.486 e. The van der Waals surface area contributed by atoms with Crippen molar-refractivity contribution in [2.24, 2.45) is 0 Å². The van der Waals surface area contributed by atoms with Crippen molar-refractivity contribution < 1.29 is 14.6 Å². The SMILES string of the molecule is Cc1cc(C#N)ccc1COc1c(Cl)cccc1C(=O)O. The molecule has 0 aliphatic heterocycles. The lowest BCUT2D eigenvalue weighted by Gasteiger charge is -2.12. The van der Waals surface area contributed by atoms with Gasteiger partial charge in [-0.2, -0.15) is 5.26 Å². The van der Waals surface area contributed by atoms with Crippen LogP contribution in [0.4, 0.5) is 0 Å². The first-order valence-corrected chi connectivity index (χ1v) is 6.55. The molecule has 0 aliphatic rings. The minimum Gasteiger partial charge on any atom is -0.486 e. The third-order valence-corrected chi connectivity index (χ3v) is 3.34. The Bertz CT molecular complexity index is 735. The van der Waals surface area contributed by atoms with Gasteiger partial charge in [0.25, 0.3) is 0 Å². The maximum absolute atomic E-state index is 11.2. The standard InChI is InChI=1S/C16H12ClNO3/c1-10-7-11(8-18)5-6-12(10)9-21-15-13(16(19)20)3-2-4-14(15)17/h2-7H,9H2,1H3,(H,19,20). The van der Waals surface area contributed by atoms with Gasteiger partial charge in [0.1, 0.15) is 12.2 Å². The zero-order valence-electron chi connectivity index (χ0n) is 11.3. The second-order valence-electron chi connectivity index (χ2n) is 4.46. The Labute approximate surface area is 127 Å². The Hall–Kier alpha value is -2.51. The zero-order chi connectivity index (χ0) is 15.4. The Morgan fingerprint density at radius 2 is 2.14 bits per heavy atom. The van der Waals surface area contributed by atoms with Crippen molar-refractivity contribution in [1.82, 2.24) is 0 Å². The highest BCUT2D eigenvalue weighted by Crippen LogP contribution is 2.29. The predicted octanol–water partition coefficient (Wildman–Crippen LogP) is 3.80. The van der Waals surface area contributed by atoms with Crippen LogP contribution in [0, 0.1) is 18.3 Å². The smallest absolute Gasteiger partial charge is 0.339 e. The first-order valence-electron chi connectivity index (χ1n) is 6.17. The summed E-state index contributed by atoms with van der Waals surface area (Å²) in [6, 6.07) is 11.9. The van der Waals surface area contributed by atoms with Gasteiger partial charge in [0.05, 0.1) is 16.7 Å². The topological polar surface area (TPSA) is 70.3 Å². The number of nitriles is 1. The molecule has 0 atom stereocenters. The van der Waals surface area contributed by atoms with Gasteiger partial charge in [-0.3, -0.25) is 0 Å². The number of aryl methyl sites for hydroxylation is 1. The molecule has 0 bridgehead atoms. The fraction of sp³-hybridized carbons (Fsp3) is 0.125. The molecule has 0 saturated heterocycles.